The third-order valence-corrected chi connectivity index (χ3v) is 3.39. The molecule has 0 aromatic carbocycles. The molecule has 1 saturated heterocycles. The van der Waals surface area contributed by atoms with Gasteiger partial charge in [0.05, 0.1) is 13.2 Å². The van der Waals surface area contributed by atoms with Crippen molar-refractivity contribution in [1.29, 1.82) is 0 Å². The maximum atomic E-state index is 11.9. The topological polar surface area (TPSA) is 44.8 Å². The van der Waals surface area contributed by atoms with Gasteiger partial charge in [-0.15, -0.1) is 0 Å². The van der Waals surface area contributed by atoms with E-state index in [0.717, 1.165) is 32.5 Å². The van der Waals surface area contributed by atoms with E-state index in [2.05, 4.69) is 17.3 Å². The van der Waals surface area contributed by atoms with Crippen LogP contribution in [0.25, 0.3) is 0 Å². The fraction of sp³-hybridized carbons (Fsp3) is 0.917. The van der Waals surface area contributed by atoms with Crippen LogP contribution in [0.4, 0.5) is 0 Å². The summed E-state index contributed by atoms with van der Waals surface area (Å²) in [6.45, 7) is 3.94. The van der Waals surface area contributed by atoms with Crippen molar-refractivity contribution in [2.24, 2.45) is 0 Å². The van der Waals surface area contributed by atoms with Gasteiger partial charge in [-0.3, -0.25) is 4.79 Å². The number of piperidine rings is 1. The molecular formula is C12H25N3O2. The van der Waals surface area contributed by atoms with E-state index in [1.807, 2.05) is 11.9 Å². The van der Waals surface area contributed by atoms with Crippen LogP contribution >= 0.6 is 0 Å². The minimum atomic E-state index is 0.177. The highest BCUT2D eigenvalue weighted by Gasteiger charge is 2.23. The predicted octanol–water partition coefficient (Wildman–Crippen LogP) is -0.225. The standard InChI is InChI=1S/C12H25N3O2/c1-14-7-4-11(5-8-14)15(2)12(16)10-13-6-9-17-3/h11,13H,4-10H2,1-3H3. The lowest BCUT2D eigenvalue weighted by Gasteiger charge is -2.35. The lowest BCUT2D eigenvalue weighted by molar-refractivity contribution is -0.131. The largest absolute Gasteiger partial charge is 0.383 e. The van der Waals surface area contributed by atoms with Gasteiger partial charge >= 0.3 is 0 Å². The Bertz CT molecular complexity index is 228. The molecule has 1 fully saturated rings. The Morgan fingerprint density at radius 3 is 2.71 bits per heavy atom. The first kappa shape index (κ1) is 14.4. The van der Waals surface area contributed by atoms with Crippen molar-refractivity contribution in [3.63, 3.8) is 0 Å². The number of ether oxygens (including phenoxy) is 1. The molecule has 1 aliphatic heterocycles. The molecule has 0 spiro atoms. The Morgan fingerprint density at radius 1 is 1.47 bits per heavy atom. The Kier molecular flexibility index (Phi) is 6.47. The van der Waals surface area contributed by atoms with Gasteiger partial charge in [0.25, 0.3) is 0 Å². The summed E-state index contributed by atoms with van der Waals surface area (Å²) in [7, 11) is 5.70. The molecule has 0 aromatic heterocycles. The van der Waals surface area contributed by atoms with E-state index in [0.29, 0.717) is 19.2 Å². The Labute approximate surface area is 104 Å². The number of methoxy groups -OCH3 is 1. The van der Waals surface area contributed by atoms with Gasteiger partial charge in [-0.1, -0.05) is 0 Å². The zero-order chi connectivity index (χ0) is 12.7. The highest BCUT2D eigenvalue weighted by molar-refractivity contribution is 5.78. The summed E-state index contributed by atoms with van der Waals surface area (Å²) in [6.07, 6.45) is 2.16. The predicted molar refractivity (Wildman–Crippen MR) is 68.0 cm³/mol. The van der Waals surface area contributed by atoms with Gasteiger partial charge < -0.3 is 19.9 Å². The van der Waals surface area contributed by atoms with Crippen LogP contribution in [0.2, 0.25) is 0 Å². The number of rotatable bonds is 6. The molecule has 1 N–H and O–H groups in total. The third-order valence-electron chi connectivity index (χ3n) is 3.39. The van der Waals surface area contributed by atoms with Gasteiger partial charge in [-0.05, 0) is 33.0 Å². The van der Waals surface area contributed by atoms with E-state index in [9.17, 15) is 4.79 Å². The lowest BCUT2D eigenvalue weighted by Crippen LogP contribution is -2.47. The van der Waals surface area contributed by atoms with Crippen molar-refractivity contribution in [3.8, 4) is 0 Å². The highest BCUT2D eigenvalue weighted by Crippen LogP contribution is 2.13. The van der Waals surface area contributed by atoms with E-state index in [1.54, 1.807) is 7.11 Å². The van der Waals surface area contributed by atoms with Crippen molar-refractivity contribution >= 4 is 5.91 Å². The summed E-state index contributed by atoms with van der Waals surface area (Å²) in [4.78, 5) is 16.1. The number of hydrogen-bond donors (Lipinski definition) is 1. The van der Waals surface area contributed by atoms with Crippen LogP contribution in [0.15, 0.2) is 0 Å². The molecule has 0 radical (unpaired) electrons. The molecule has 0 saturated carbocycles. The molecule has 5 heteroatoms. The number of carbonyl (C=O) groups excluding carboxylic acids is 1. The van der Waals surface area contributed by atoms with Crippen LogP contribution in [0, 0.1) is 0 Å². The highest BCUT2D eigenvalue weighted by atomic mass is 16.5. The lowest BCUT2D eigenvalue weighted by atomic mass is 10.0. The van der Waals surface area contributed by atoms with E-state index in [4.69, 9.17) is 4.74 Å². The first-order valence-electron chi connectivity index (χ1n) is 6.29. The Balaban J connectivity index is 2.21. The fourth-order valence-corrected chi connectivity index (χ4v) is 2.08. The number of nitrogens with zero attached hydrogens (tertiary/aromatic N) is 2. The SMILES string of the molecule is COCCNCC(=O)N(C)C1CCN(C)CC1. The summed E-state index contributed by atoms with van der Waals surface area (Å²) in [5.74, 6) is 0.177. The van der Waals surface area contributed by atoms with E-state index in [-0.39, 0.29) is 5.91 Å². The second-order valence-corrected chi connectivity index (χ2v) is 4.71. The number of hydrogen-bond acceptors (Lipinski definition) is 4. The molecule has 0 atom stereocenters. The second-order valence-electron chi connectivity index (χ2n) is 4.71. The average Bonchev–Trinajstić information content (AvgIpc) is 2.34. The number of carbonyl (C=O) groups is 1. The molecule has 5 nitrogen and oxygen atoms in total. The van der Waals surface area contributed by atoms with Crippen LogP contribution in [-0.4, -0.2) is 75.7 Å². The van der Waals surface area contributed by atoms with Crippen molar-refractivity contribution in [1.82, 2.24) is 15.1 Å². The molecule has 0 aromatic rings. The van der Waals surface area contributed by atoms with Crippen molar-refractivity contribution < 1.29 is 9.53 Å². The first-order valence-corrected chi connectivity index (χ1v) is 6.29. The Morgan fingerprint density at radius 2 is 2.12 bits per heavy atom. The smallest absolute Gasteiger partial charge is 0.236 e. The minimum Gasteiger partial charge on any atom is -0.383 e. The van der Waals surface area contributed by atoms with Gasteiger partial charge in [-0.2, -0.15) is 0 Å². The molecule has 17 heavy (non-hydrogen) atoms. The normalized spacial score (nSPS) is 18.3. The summed E-state index contributed by atoms with van der Waals surface area (Å²) in [5, 5.41) is 3.09. The van der Waals surface area contributed by atoms with E-state index >= 15 is 0 Å². The molecule has 1 aliphatic rings. The van der Waals surface area contributed by atoms with Crippen LogP contribution < -0.4 is 5.32 Å². The van der Waals surface area contributed by atoms with Gasteiger partial charge in [-0.25, -0.2) is 0 Å². The van der Waals surface area contributed by atoms with E-state index < -0.39 is 0 Å². The maximum Gasteiger partial charge on any atom is 0.236 e. The molecule has 0 aliphatic carbocycles. The van der Waals surface area contributed by atoms with Crippen LogP contribution in [-0.2, 0) is 9.53 Å². The minimum absolute atomic E-state index is 0.177. The first-order chi connectivity index (χ1) is 8.15. The summed E-state index contributed by atoms with van der Waals surface area (Å²) >= 11 is 0. The molecule has 0 unspecified atom stereocenters. The molecule has 0 bridgehead atoms. The monoisotopic (exact) mass is 243 g/mol. The molecule has 1 amide bonds. The summed E-state index contributed by atoms with van der Waals surface area (Å²) in [6, 6.07) is 0.405. The zero-order valence-electron chi connectivity index (χ0n) is 11.2. The second kappa shape index (κ2) is 7.63. The van der Waals surface area contributed by atoms with Crippen molar-refractivity contribution in [3.05, 3.63) is 0 Å². The fourth-order valence-electron chi connectivity index (χ4n) is 2.08. The van der Waals surface area contributed by atoms with Gasteiger partial charge in [0, 0.05) is 26.7 Å². The number of likely N-dealkylation sites (tertiary alicyclic amines) is 1. The van der Waals surface area contributed by atoms with Gasteiger partial charge in [0.2, 0.25) is 5.91 Å². The zero-order valence-corrected chi connectivity index (χ0v) is 11.2. The molecule has 1 rings (SSSR count). The molecule has 100 valence electrons. The number of amides is 1. The van der Waals surface area contributed by atoms with Gasteiger partial charge in [0.15, 0.2) is 0 Å². The van der Waals surface area contributed by atoms with Crippen molar-refractivity contribution in [2.45, 2.75) is 18.9 Å². The summed E-state index contributed by atoms with van der Waals surface area (Å²) < 4.78 is 4.92. The molecule has 1 heterocycles. The maximum absolute atomic E-state index is 11.9. The number of likely N-dealkylation sites (N-methyl/N-ethyl adjacent to an activating group) is 1. The average molecular weight is 243 g/mol. The third kappa shape index (κ3) is 5.02. The van der Waals surface area contributed by atoms with Crippen molar-refractivity contribution in [2.75, 3.05) is 54.0 Å². The van der Waals surface area contributed by atoms with Crippen LogP contribution in [0.3, 0.4) is 0 Å². The van der Waals surface area contributed by atoms with Gasteiger partial charge in [0.1, 0.15) is 0 Å². The van der Waals surface area contributed by atoms with E-state index in [1.165, 1.54) is 0 Å². The Hall–Kier alpha value is -0.650. The molecular weight excluding hydrogens is 218 g/mol. The summed E-state index contributed by atoms with van der Waals surface area (Å²) in [5.41, 5.74) is 0. The quantitative estimate of drug-likeness (QED) is 0.655. The van der Waals surface area contributed by atoms with Crippen LogP contribution in [0.1, 0.15) is 12.8 Å². The van der Waals surface area contributed by atoms with Crippen LogP contribution in [0.5, 0.6) is 0 Å². The number of nitrogens with one attached hydrogen (secondary N) is 1.